The monoisotopic (exact) mass is 372 g/mol. The lowest BCUT2D eigenvalue weighted by atomic mass is 9.97. The van der Waals surface area contributed by atoms with Gasteiger partial charge in [-0.15, -0.1) is 0 Å². The largest absolute Gasteiger partial charge is 0.431 e. The van der Waals surface area contributed by atoms with E-state index in [1.54, 1.807) is 0 Å². The van der Waals surface area contributed by atoms with Crippen LogP contribution in [0.15, 0.2) is 79.5 Å². The Bertz CT molecular complexity index is 1220. The summed E-state index contributed by atoms with van der Waals surface area (Å²) >= 11 is 0. The molecular formula is C21H16N4O3. The van der Waals surface area contributed by atoms with E-state index in [9.17, 15) is 4.79 Å². The van der Waals surface area contributed by atoms with Gasteiger partial charge in [0.05, 0.1) is 17.5 Å². The van der Waals surface area contributed by atoms with Crippen LogP contribution in [-0.2, 0) is 0 Å². The molecule has 138 valence electrons. The zero-order chi connectivity index (χ0) is 19.1. The van der Waals surface area contributed by atoms with Crippen LogP contribution in [0, 0.1) is 6.92 Å². The fourth-order valence-electron chi connectivity index (χ4n) is 3.30. The number of guanidine groups is 1. The van der Waals surface area contributed by atoms with Crippen LogP contribution in [0.25, 0.3) is 11.1 Å². The number of fused-ring (bicyclic) bond motifs is 2. The summed E-state index contributed by atoms with van der Waals surface area (Å²) in [6.07, 6.45) is 1.44. The summed E-state index contributed by atoms with van der Waals surface area (Å²) in [6, 6.07) is 16.9. The third-order valence-electron chi connectivity index (χ3n) is 4.64. The van der Waals surface area contributed by atoms with Crippen molar-refractivity contribution in [1.29, 1.82) is 0 Å². The quantitative estimate of drug-likeness (QED) is 0.551. The lowest BCUT2D eigenvalue weighted by Crippen LogP contribution is -2.31. The summed E-state index contributed by atoms with van der Waals surface area (Å²) in [7, 11) is 0. The van der Waals surface area contributed by atoms with Gasteiger partial charge in [-0.2, -0.15) is 4.98 Å². The fraction of sp³-hybridized carbons (Fsp3) is 0.0952. The summed E-state index contributed by atoms with van der Waals surface area (Å²) in [5.74, 6) is 0.446. The first-order chi connectivity index (χ1) is 13.7. The molecule has 4 aromatic rings. The molecule has 1 atom stereocenters. The van der Waals surface area contributed by atoms with Crippen molar-refractivity contribution in [3.8, 4) is 0 Å². The average Bonchev–Trinajstić information content (AvgIpc) is 3.13. The average molecular weight is 372 g/mol. The van der Waals surface area contributed by atoms with E-state index < -0.39 is 11.7 Å². The molecule has 0 unspecified atom stereocenters. The van der Waals surface area contributed by atoms with Crippen molar-refractivity contribution in [1.82, 2.24) is 4.98 Å². The first-order valence-corrected chi connectivity index (χ1v) is 8.84. The van der Waals surface area contributed by atoms with Crippen LogP contribution in [-0.4, -0.2) is 10.9 Å². The summed E-state index contributed by atoms with van der Waals surface area (Å²) < 4.78 is 10.9. The molecule has 0 amide bonds. The highest BCUT2D eigenvalue weighted by Crippen LogP contribution is 2.34. The molecule has 0 aliphatic carbocycles. The van der Waals surface area contributed by atoms with Gasteiger partial charge in [-0.1, -0.05) is 42.5 Å². The summed E-state index contributed by atoms with van der Waals surface area (Å²) in [6.45, 7) is 1.87. The number of nitrogens with one attached hydrogen (secondary N) is 2. The Hall–Kier alpha value is -3.87. The topological polar surface area (TPSA) is 92.7 Å². The van der Waals surface area contributed by atoms with Crippen LogP contribution in [0.4, 0.5) is 11.7 Å². The van der Waals surface area contributed by atoms with Gasteiger partial charge in [0.25, 0.3) is 0 Å². The first-order valence-electron chi connectivity index (χ1n) is 8.84. The molecule has 0 spiro atoms. The molecule has 0 saturated carbocycles. The van der Waals surface area contributed by atoms with E-state index in [4.69, 9.17) is 13.8 Å². The molecule has 0 radical (unpaired) electrons. The Balaban J connectivity index is 1.59. The molecule has 28 heavy (non-hydrogen) atoms. The molecule has 0 saturated heterocycles. The summed E-state index contributed by atoms with van der Waals surface area (Å²) in [5, 5.41) is 6.26. The van der Waals surface area contributed by atoms with Crippen molar-refractivity contribution in [2.24, 2.45) is 4.99 Å². The number of hydrogen-bond acceptors (Lipinski definition) is 7. The van der Waals surface area contributed by atoms with Gasteiger partial charge in [-0.25, -0.2) is 9.79 Å². The molecule has 2 N–H and O–H groups in total. The number of hydrogen-bond donors (Lipinski definition) is 2. The SMILES string of the molecule is Cc1coc(=O)c2c1NC(Nc1nc3ccccc3o1)=N[C@@H]2c1ccccc1. The number of aliphatic imine (C=N–C) groups is 1. The zero-order valence-corrected chi connectivity index (χ0v) is 15.0. The second-order valence-corrected chi connectivity index (χ2v) is 6.52. The van der Waals surface area contributed by atoms with Crippen molar-refractivity contribution < 1.29 is 8.83 Å². The van der Waals surface area contributed by atoms with Crippen LogP contribution in [0.5, 0.6) is 0 Å². The number of para-hydroxylation sites is 2. The van der Waals surface area contributed by atoms with Gasteiger partial charge >= 0.3 is 11.6 Å². The molecule has 1 aliphatic heterocycles. The third kappa shape index (κ3) is 2.73. The van der Waals surface area contributed by atoms with E-state index in [0.717, 1.165) is 16.6 Å². The molecule has 7 heteroatoms. The van der Waals surface area contributed by atoms with Crippen LogP contribution in [0.1, 0.15) is 22.7 Å². The molecule has 3 heterocycles. The van der Waals surface area contributed by atoms with Gasteiger partial charge < -0.3 is 14.2 Å². The fourth-order valence-corrected chi connectivity index (χ4v) is 3.30. The minimum atomic E-state index is -0.500. The van der Waals surface area contributed by atoms with Gasteiger partial charge in [0, 0.05) is 5.56 Å². The molecule has 0 bridgehead atoms. The van der Waals surface area contributed by atoms with Gasteiger partial charge in [0.2, 0.25) is 5.96 Å². The van der Waals surface area contributed by atoms with Crippen LogP contribution in [0.3, 0.4) is 0 Å². The Labute approximate surface area is 159 Å². The maximum Gasteiger partial charge on any atom is 0.343 e. The number of oxazole rings is 1. The van der Waals surface area contributed by atoms with E-state index in [1.165, 1.54) is 6.26 Å². The van der Waals surface area contributed by atoms with Crippen molar-refractivity contribution in [3.63, 3.8) is 0 Å². The third-order valence-corrected chi connectivity index (χ3v) is 4.64. The van der Waals surface area contributed by atoms with Gasteiger partial charge in [0.1, 0.15) is 11.6 Å². The van der Waals surface area contributed by atoms with E-state index in [1.807, 2.05) is 61.5 Å². The maximum absolute atomic E-state index is 12.5. The van der Waals surface area contributed by atoms with E-state index in [0.29, 0.717) is 28.8 Å². The standard InChI is InChI=1S/C21H16N4O3/c1-12-11-27-19(26)16-17(12)23-20(24-18(16)13-7-3-2-4-8-13)25-21-22-14-9-5-6-10-15(14)28-21/h2-11,18H,1H3,(H2,22,23,24,25)/t18-/m1/s1. The maximum atomic E-state index is 12.5. The predicted octanol–water partition coefficient (Wildman–Crippen LogP) is 4.07. The zero-order valence-electron chi connectivity index (χ0n) is 15.0. The summed E-state index contributed by atoms with van der Waals surface area (Å²) in [5.41, 5.74) is 3.87. The first kappa shape index (κ1) is 16.3. The number of aromatic nitrogens is 1. The number of anilines is 2. The van der Waals surface area contributed by atoms with Crippen molar-refractivity contribution in [3.05, 3.63) is 88.0 Å². The predicted molar refractivity (Wildman–Crippen MR) is 107 cm³/mol. The smallest absolute Gasteiger partial charge is 0.343 e. The van der Waals surface area contributed by atoms with Crippen molar-refractivity contribution in [2.75, 3.05) is 10.6 Å². The Kier molecular flexibility index (Phi) is 3.72. The Morgan fingerprint density at radius 2 is 1.86 bits per heavy atom. The van der Waals surface area contributed by atoms with Crippen molar-refractivity contribution in [2.45, 2.75) is 13.0 Å². The summed E-state index contributed by atoms with van der Waals surface area (Å²) in [4.78, 5) is 21.6. The second kappa shape index (κ2) is 6.38. The van der Waals surface area contributed by atoms with E-state index in [2.05, 4.69) is 15.6 Å². The number of aryl methyl sites for hydroxylation is 1. The highest BCUT2D eigenvalue weighted by molar-refractivity contribution is 6.05. The lowest BCUT2D eigenvalue weighted by molar-refractivity contribution is 0.494. The van der Waals surface area contributed by atoms with Gasteiger partial charge in [-0.3, -0.25) is 5.32 Å². The Morgan fingerprint density at radius 3 is 2.68 bits per heavy atom. The van der Waals surface area contributed by atoms with Crippen LogP contribution >= 0.6 is 0 Å². The second-order valence-electron chi connectivity index (χ2n) is 6.52. The molecule has 7 nitrogen and oxygen atoms in total. The molecule has 1 aliphatic rings. The molecular weight excluding hydrogens is 356 g/mol. The highest BCUT2D eigenvalue weighted by atomic mass is 16.4. The highest BCUT2D eigenvalue weighted by Gasteiger charge is 2.29. The van der Waals surface area contributed by atoms with Gasteiger partial charge in [-0.05, 0) is 24.6 Å². The molecule has 0 fully saturated rings. The number of rotatable bonds is 2. The van der Waals surface area contributed by atoms with E-state index >= 15 is 0 Å². The lowest BCUT2D eigenvalue weighted by Gasteiger charge is -2.25. The number of nitrogens with zero attached hydrogens (tertiary/aromatic N) is 2. The normalized spacial score (nSPS) is 15.6. The molecule has 2 aromatic heterocycles. The number of benzene rings is 2. The molecule has 5 rings (SSSR count). The molecule has 2 aromatic carbocycles. The van der Waals surface area contributed by atoms with Gasteiger partial charge in [0.15, 0.2) is 5.58 Å². The van der Waals surface area contributed by atoms with E-state index in [-0.39, 0.29) is 0 Å². The van der Waals surface area contributed by atoms with Crippen LogP contribution < -0.4 is 16.3 Å². The van der Waals surface area contributed by atoms with Crippen molar-refractivity contribution >= 4 is 28.8 Å². The Morgan fingerprint density at radius 1 is 1.07 bits per heavy atom. The minimum absolute atomic E-state index is 0.323. The van der Waals surface area contributed by atoms with Crippen LogP contribution in [0.2, 0.25) is 0 Å². The minimum Gasteiger partial charge on any atom is -0.431 e.